The molecule has 1 atom stereocenters. The van der Waals surface area contributed by atoms with E-state index >= 15 is 0 Å². The number of furan rings is 1. The van der Waals surface area contributed by atoms with Crippen molar-refractivity contribution in [1.29, 1.82) is 0 Å². The fourth-order valence-electron chi connectivity index (χ4n) is 18.4. The van der Waals surface area contributed by atoms with Crippen LogP contribution in [0.3, 0.4) is 0 Å². The quantitative estimate of drug-likeness (QED) is 0.0965. The Morgan fingerprint density at radius 3 is 1.37 bits per heavy atom. The van der Waals surface area contributed by atoms with Gasteiger partial charge >= 0.3 is 0 Å². The maximum Gasteiger partial charge on any atom is 0.252 e. The van der Waals surface area contributed by atoms with E-state index in [1.165, 1.54) is 58.6 Å². The molecule has 6 heterocycles. The molecular weight excluding hydrogens is 1380 g/mol. The molecular formula is C102H68BN7OS. The Hall–Kier alpha value is -14.4. The van der Waals surface area contributed by atoms with E-state index in [9.17, 15) is 0 Å². The molecule has 8 nitrogen and oxygen atoms in total. The second-order valence-corrected chi connectivity index (χ2v) is 31.2. The van der Waals surface area contributed by atoms with Gasteiger partial charge in [-0.15, -0.1) is 0 Å². The van der Waals surface area contributed by atoms with E-state index in [-0.39, 0.29) is 6.71 Å². The largest absolute Gasteiger partial charge is 0.454 e. The number of para-hydroxylation sites is 9. The summed E-state index contributed by atoms with van der Waals surface area (Å²) in [5.41, 5.74) is 31.1. The van der Waals surface area contributed by atoms with Gasteiger partial charge in [-0.1, -0.05) is 218 Å². The molecule has 1 unspecified atom stereocenters. The van der Waals surface area contributed by atoms with Crippen LogP contribution < -0.4 is 45.8 Å². The highest BCUT2D eigenvalue weighted by Gasteiger charge is 2.46. The molecule has 0 spiro atoms. The molecule has 0 fully saturated rings. The number of nitrogens with zero attached hydrogens (tertiary/aromatic N) is 7. The number of thiol groups is 1. The third kappa shape index (κ3) is 9.78. The van der Waals surface area contributed by atoms with Gasteiger partial charge in [0.2, 0.25) is 0 Å². The lowest BCUT2D eigenvalue weighted by Gasteiger charge is -2.46. The minimum absolute atomic E-state index is 0.124. The van der Waals surface area contributed by atoms with E-state index < -0.39 is 10.9 Å². The lowest BCUT2D eigenvalue weighted by Crippen LogP contribution is -2.61. The van der Waals surface area contributed by atoms with E-state index in [4.69, 9.17) is 4.42 Å². The molecule has 19 aromatic rings. The molecule has 10 heteroatoms. The zero-order chi connectivity index (χ0) is 73.5. The number of hydrogen-bond acceptors (Lipinski definition) is 7. The van der Waals surface area contributed by atoms with Gasteiger partial charge < -0.3 is 38.4 Å². The fraction of sp³-hybridized carbons (Fsp3) is 0. The average molecular weight is 1450 g/mol. The first-order valence-corrected chi connectivity index (χ1v) is 39.7. The average Bonchev–Trinajstić information content (AvgIpc) is 1.12. The van der Waals surface area contributed by atoms with Gasteiger partial charge in [0, 0.05) is 116 Å². The molecule has 0 aliphatic carbocycles. The Balaban J connectivity index is 0.677. The van der Waals surface area contributed by atoms with Crippen molar-refractivity contribution < 1.29 is 4.42 Å². The zero-order valence-electron chi connectivity index (χ0n) is 60.7. The van der Waals surface area contributed by atoms with Crippen molar-refractivity contribution >= 4 is 180 Å². The molecule has 0 saturated heterocycles. The number of fused-ring (bicyclic) bond motifs is 16. The van der Waals surface area contributed by atoms with Crippen molar-refractivity contribution in [2.75, 3.05) is 29.4 Å². The molecule has 112 heavy (non-hydrogen) atoms. The van der Waals surface area contributed by atoms with E-state index in [1.54, 1.807) is 0 Å². The Morgan fingerprint density at radius 1 is 0.268 bits per heavy atom. The van der Waals surface area contributed by atoms with Crippen molar-refractivity contribution in [2.45, 2.75) is 14.7 Å². The van der Waals surface area contributed by atoms with Gasteiger partial charge in [-0.05, 0) is 216 Å². The van der Waals surface area contributed by atoms with Crippen LogP contribution in [0.5, 0.6) is 0 Å². The van der Waals surface area contributed by atoms with E-state index in [0.717, 1.165) is 135 Å². The second kappa shape index (κ2) is 25.6. The monoisotopic (exact) mass is 1450 g/mol. The SMILES string of the molecule is c1ccc(N(c2ccc(-c3cccc(N4c5cc(N(c6ccccc6)c6ccccc6)ccc5[SH]5c6ccc7c(oc8ccccc87)c6N(c6ccccc6)c6cccc4c65)c3)cc2)c2ccc3c(c2)N(c2ccccc2)c2cccc4c2B3c2ccc3c5ccccc5n(-c5ccccc5)c3c2N4c2ccccc2)cc1. The van der Waals surface area contributed by atoms with Crippen molar-refractivity contribution in [3.05, 3.63) is 406 Å². The molecule has 4 aliphatic heterocycles. The van der Waals surface area contributed by atoms with Crippen molar-refractivity contribution in [1.82, 2.24) is 4.57 Å². The summed E-state index contributed by atoms with van der Waals surface area (Å²) >= 11 is 0. The minimum Gasteiger partial charge on any atom is -0.454 e. The number of anilines is 18. The van der Waals surface area contributed by atoms with Crippen molar-refractivity contribution in [3.63, 3.8) is 0 Å². The number of hydrogen-bond donors (Lipinski definition) is 1. The summed E-state index contributed by atoms with van der Waals surface area (Å²) in [5, 5.41) is 4.66. The van der Waals surface area contributed by atoms with Crippen molar-refractivity contribution in [3.8, 4) is 16.8 Å². The highest BCUT2D eigenvalue weighted by molar-refractivity contribution is 8.17. The molecule has 0 bridgehead atoms. The first-order chi connectivity index (χ1) is 55.6. The van der Waals surface area contributed by atoms with E-state index in [0.29, 0.717) is 0 Å². The lowest BCUT2D eigenvalue weighted by molar-refractivity contribution is 0.667. The molecule has 0 radical (unpaired) electrons. The third-order valence-corrected chi connectivity index (χ3v) is 25.7. The third-order valence-electron chi connectivity index (χ3n) is 23.1. The highest BCUT2D eigenvalue weighted by atomic mass is 32.2. The van der Waals surface area contributed by atoms with Crippen LogP contribution in [0, 0.1) is 0 Å². The molecule has 4 aliphatic rings. The van der Waals surface area contributed by atoms with Crippen LogP contribution in [0.1, 0.15) is 0 Å². The summed E-state index contributed by atoms with van der Waals surface area (Å²) in [6.45, 7) is -0.124. The summed E-state index contributed by atoms with van der Waals surface area (Å²) < 4.78 is 9.56. The Bertz CT molecular complexity index is 6890. The van der Waals surface area contributed by atoms with Gasteiger partial charge in [0.1, 0.15) is 11.3 Å². The van der Waals surface area contributed by atoms with Crippen LogP contribution in [0.4, 0.5) is 102 Å². The maximum absolute atomic E-state index is 7.07. The van der Waals surface area contributed by atoms with Crippen LogP contribution >= 0.6 is 10.9 Å². The van der Waals surface area contributed by atoms with Gasteiger partial charge in [-0.2, -0.15) is 10.9 Å². The normalized spacial score (nSPS) is 13.9. The van der Waals surface area contributed by atoms with E-state index in [1.807, 2.05) is 0 Å². The van der Waals surface area contributed by atoms with Gasteiger partial charge in [0.05, 0.1) is 33.8 Å². The van der Waals surface area contributed by atoms with Crippen LogP contribution in [0.15, 0.2) is 426 Å². The van der Waals surface area contributed by atoms with Gasteiger partial charge in [-0.3, -0.25) is 0 Å². The van der Waals surface area contributed by atoms with Crippen LogP contribution in [0.25, 0.3) is 60.6 Å². The first-order valence-electron chi connectivity index (χ1n) is 38.3. The number of aromatic nitrogens is 1. The lowest BCUT2D eigenvalue weighted by atomic mass is 9.33. The Kier molecular flexibility index (Phi) is 14.5. The molecule has 0 saturated carbocycles. The number of rotatable bonds is 12. The predicted octanol–water partition coefficient (Wildman–Crippen LogP) is 26.4. The van der Waals surface area contributed by atoms with E-state index in [2.05, 4.69) is 440 Å². The first kappa shape index (κ1) is 63.6. The smallest absolute Gasteiger partial charge is 0.252 e. The summed E-state index contributed by atoms with van der Waals surface area (Å²) in [7, 11) is -1.17. The maximum atomic E-state index is 7.07. The summed E-state index contributed by atoms with van der Waals surface area (Å²) in [4.78, 5) is 18.7. The number of benzene rings is 17. The summed E-state index contributed by atoms with van der Waals surface area (Å²) in [6, 6.07) is 150. The minimum atomic E-state index is -1.17. The molecule has 0 amide bonds. The predicted molar refractivity (Wildman–Crippen MR) is 470 cm³/mol. The Labute approximate surface area is 652 Å². The Morgan fingerprint density at radius 2 is 0.723 bits per heavy atom. The van der Waals surface area contributed by atoms with Crippen LogP contribution in [-0.4, -0.2) is 11.3 Å². The van der Waals surface area contributed by atoms with Crippen LogP contribution in [0.2, 0.25) is 0 Å². The molecule has 526 valence electrons. The van der Waals surface area contributed by atoms with Gasteiger partial charge in [0.25, 0.3) is 6.71 Å². The summed E-state index contributed by atoms with van der Waals surface area (Å²) in [5.74, 6) is 0. The van der Waals surface area contributed by atoms with Crippen molar-refractivity contribution in [2.24, 2.45) is 0 Å². The van der Waals surface area contributed by atoms with Gasteiger partial charge in [-0.25, -0.2) is 0 Å². The van der Waals surface area contributed by atoms with Gasteiger partial charge in [0.15, 0.2) is 5.58 Å². The fourth-order valence-corrected chi connectivity index (χ4v) is 21.2. The highest BCUT2D eigenvalue weighted by Crippen LogP contribution is 2.72. The standard InChI is InChI=1S/C102H68BN7OS/c1-8-30-70(31-9-1)104(71-32-10-2-11-33-71)80-58-63-95-93(67-80)107(90-50-28-51-91-102(90)112(95)96-64-60-84-82-46-23-25-52-94(82)111-101(84)100(96)110(91)76-42-20-7-21-43-76)78-44-26-29-69(65-78)68-53-55-77(56-54-68)105(72-34-12-3-13-35-72)79-57-61-85-92(66-79)106(73-36-14-4-15-37-73)88-48-27-49-89-97(88)103(85)86-62-59-83-81-45-22-24-47-87(81)108(74-38-16-5-17-39-74)98(83)99(86)109(89)75-40-18-6-19-41-75/h1-67,112H. The molecule has 17 aromatic carbocycles. The summed E-state index contributed by atoms with van der Waals surface area (Å²) in [6.07, 6.45) is 0. The molecule has 23 rings (SSSR count). The van der Waals surface area contributed by atoms with Crippen LogP contribution in [-0.2, 0) is 0 Å². The zero-order valence-corrected chi connectivity index (χ0v) is 61.6. The molecule has 0 N–H and O–H groups in total. The molecule has 2 aromatic heterocycles. The topological polar surface area (TPSA) is 37.5 Å². The second-order valence-electron chi connectivity index (χ2n) is 29.2.